The zero-order valence-corrected chi connectivity index (χ0v) is 15.7. The van der Waals surface area contributed by atoms with Crippen molar-refractivity contribution in [2.75, 3.05) is 13.1 Å². The van der Waals surface area contributed by atoms with Crippen molar-refractivity contribution < 1.29 is 4.79 Å². The van der Waals surface area contributed by atoms with E-state index in [1.807, 2.05) is 55.1 Å². The zero-order chi connectivity index (χ0) is 17.2. The Bertz CT molecular complexity index is 688. The third kappa shape index (κ3) is 4.42. The molecule has 1 aliphatic heterocycles. The Morgan fingerprint density at radius 3 is 2.20 bits per heavy atom. The summed E-state index contributed by atoms with van der Waals surface area (Å²) in [5, 5.41) is 0. The minimum Gasteiger partial charge on any atom is -0.340 e. The molecular formula is C21H27ClN2O. The highest BCUT2D eigenvalue weighted by Gasteiger charge is 2.39. The molecule has 0 spiro atoms. The minimum absolute atomic E-state index is 0. The van der Waals surface area contributed by atoms with E-state index in [9.17, 15) is 4.79 Å². The Morgan fingerprint density at radius 2 is 1.60 bits per heavy atom. The van der Waals surface area contributed by atoms with Gasteiger partial charge in [0.05, 0.1) is 0 Å². The number of likely N-dealkylation sites (tertiary alicyclic amines) is 1. The second-order valence-electron chi connectivity index (χ2n) is 7.44. The van der Waals surface area contributed by atoms with Crippen LogP contribution in [0, 0.1) is 5.41 Å². The van der Waals surface area contributed by atoms with Crippen LogP contribution in [0.2, 0.25) is 0 Å². The maximum Gasteiger partial charge on any atom is 0.228 e. The lowest BCUT2D eigenvalue weighted by Crippen LogP contribution is -2.41. The van der Waals surface area contributed by atoms with Gasteiger partial charge in [0.1, 0.15) is 0 Å². The lowest BCUT2D eigenvalue weighted by molar-refractivity contribution is -0.139. The minimum atomic E-state index is -0.424. The Kier molecular flexibility index (Phi) is 6.26. The molecule has 3 rings (SSSR count). The van der Waals surface area contributed by atoms with Crippen LogP contribution in [0.15, 0.2) is 60.7 Å². The summed E-state index contributed by atoms with van der Waals surface area (Å²) in [4.78, 5) is 15.0. The van der Waals surface area contributed by atoms with E-state index in [2.05, 4.69) is 24.3 Å². The Labute approximate surface area is 156 Å². The fourth-order valence-electron chi connectivity index (χ4n) is 3.66. The molecule has 25 heavy (non-hydrogen) atoms. The number of hydrogen-bond acceptors (Lipinski definition) is 2. The molecule has 2 aromatic rings. The SMILES string of the molecule is CC(C)(Cc1ccccc1)C(=O)N1C[C@@H](N)[C@H](c2ccccc2)C1.Cl. The number of hydrogen-bond donors (Lipinski definition) is 1. The summed E-state index contributed by atoms with van der Waals surface area (Å²) in [7, 11) is 0. The first-order chi connectivity index (χ1) is 11.5. The van der Waals surface area contributed by atoms with Gasteiger partial charge in [-0.15, -0.1) is 12.4 Å². The first kappa shape index (κ1) is 19.5. The molecule has 3 nitrogen and oxygen atoms in total. The maximum absolute atomic E-state index is 13.1. The molecule has 2 N–H and O–H groups in total. The number of benzene rings is 2. The van der Waals surface area contributed by atoms with E-state index >= 15 is 0 Å². The Balaban J connectivity index is 0.00000225. The van der Waals surface area contributed by atoms with Crippen LogP contribution >= 0.6 is 12.4 Å². The molecule has 0 aromatic heterocycles. The number of carbonyl (C=O) groups is 1. The molecule has 4 heteroatoms. The highest BCUT2D eigenvalue weighted by atomic mass is 35.5. The van der Waals surface area contributed by atoms with Gasteiger partial charge >= 0.3 is 0 Å². The molecular weight excluding hydrogens is 332 g/mol. The predicted molar refractivity (Wildman–Crippen MR) is 105 cm³/mol. The van der Waals surface area contributed by atoms with Crippen LogP contribution in [-0.2, 0) is 11.2 Å². The molecule has 0 aliphatic carbocycles. The van der Waals surface area contributed by atoms with Crippen molar-refractivity contribution >= 4 is 18.3 Å². The van der Waals surface area contributed by atoms with Crippen molar-refractivity contribution in [1.82, 2.24) is 4.90 Å². The lowest BCUT2D eigenvalue weighted by atomic mass is 9.84. The number of nitrogens with zero attached hydrogens (tertiary/aromatic N) is 1. The van der Waals surface area contributed by atoms with E-state index < -0.39 is 5.41 Å². The highest BCUT2D eigenvalue weighted by Crippen LogP contribution is 2.31. The molecule has 1 heterocycles. The van der Waals surface area contributed by atoms with Crippen LogP contribution in [0.1, 0.15) is 30.9 Å². The third-order valence-corrected chi connectivity index (χ3v) is 4.95. The van der Waals surface area contributed by atoms with Gasteiger partial charge in [-0.2, -0.15) is 0 Å². The average molecular weight is 359 g/mol. The summed E-state index contributed by atoms with van der Waals surface area (Å²) < 4.78 is 0. The van der Waals surface area contributed by atoms with Crippen molar-refractivity contribution in [3.8, 4) is 0 Å². The number of halogens is 1. The quantitative estimate of drug-likeness (QED) is 0.907. The van der Waals surface area contributed by atoms with Crippen molar-refractivity contribution in [3.05, 3.63) is 71.8 Å². The standard InChI is InChI=1S/C21H26N2O.ClH/c1-21(2,13-16-9-5-3-6-10-16)20(24)23-14-18(19(22)15-23)17-11-7-4-8-12-17;/h3-12,18-19H,13-15,22H2,1-2H3;1H/t18-,19+;/m0./s1. The van der Waals surface area contributed by atoms with E-state index in [1.165, 1.54) is 11.1 Å². The predicted octanol–water partition coefficient (Wildman–Crippen LogP) is 3.63. The molecule has 0 bridgehead atoms. The van der Waals surface area contributed by atoms with E-state index in [1.54, 1.807) is 0 Å². The van der Waals surface area contributed by atoms with Gasteiger partial charge in [0.15, 0.2) is 0 Å². The van der Waals surface area contributed by atoms with Crippen LogP contribution < -0.4 is 5.73 Å². The monoisotopic (exact) mass is 358 g/mol. The van der Waals surface area contributed by atoms with Gasteiger partial charge in [-0.1, -0.05) is 74.5 Å². The van der Waals surface area contributed by atoms with E-state index in [-0.39, 0.29) is 30.3 Å². The van der Waals surface area contributed by atoms with Crippen molar-refractivity contribution in [2.24, 2.45) is 11.1 Å². The van der Waals surface area contributed by atoms with E-state index in [0.29, 0.717) is 13.1 Å². The molecule has 2 atom stereocenters. The summed E-state index contributed by atoms with van der Waals surface area (Å²) in [5.41, 5.74) is 8.33. The van der Waals surface area contributed by atoms with Crippen LogP contribution in [-0.4, -0.2) is 29.9 Å². The van der Waals surface area contributed by atoms with Gasteiger partial charge in [0.25, 0.3) is 0 Å². The van der Waals surface area contributed by atoms with Crippen molar-refractivity contribution in [1.29, 1.82) is 0 Å². The lowest BCUT2D eigenvalue weighted by Gasteiger charge is -2.29. The molecule has 0 radical (unpaired) electrons. The van der Waals surface area contributed by atoms with Crippen molar-refractivity contribution in [3.63, 3.8) is 0 Å². The average Bonchev–Trinajstić information content (AvgIpc) is 2.97. The molecule has 2 aromatic carbocycles. The fraction of sp³-hybridized carbons (Fsp3) is 0.381. The topological polar surface area (TPSA) is 46.3 Å². The highest BCUT2D eigenvalue weighted by molar-refractivity contribution is 5.85. The number of rotatable bonds is 4. The van der Waals surface area contributed by atoms with Gasteiger partial charge in [-0.05, 0) is 17.5 Å². The Hall–Kier alpha value is -1.84. The summed E-state index contributed by atoms with van der Waals surface area (Å²) in [6, 6.07) is 20.5. The Morgan fingerprint density at radius 1 is 1.04 bits per heavy atom. The van der Waals surface area contributed by atoms with Crippen molar-refractivity contribution in [2.45, 2.75) is 32.2 Å². The zero-order valence-electron chi connectivity index (χ0n) is 14.9. The first-order valence-electron chi connectivity index (χ1n) is 8.61. The molecule has 1 fully saturated rings. The molecule has 1 amide bonds. The van der Waals surface area contributed by atoms with Gasteiger partial charge in [-0.3, -0.25) is 4.79 Å². The molecule has 1 saturated heterocycles. The van der Waals surface area contributed by atoms with Crippen LogP contribution in [0.25, 0.3) is 0 Å². The molecule has 0 unspecified atom stereocenters. The second kappa shape index (κ2) is 8.03. The molecule has 1 aliphatic rings. The van der Waals surface area contributed by atoms with Gasteiger partial charge in [0, 0.05) is 30.5 Å². The smallest absolute Gasteiger partial charge is 0.228 e. The van der Waals surface area contributed by atoms with E-state index in [4.69, 9.17) is 5.73 Å². The number of carbonyl (C=O) groups excluding carboxylic acids is 1. The van der Waals surface area contributed by atoms with Gasteiger partial charge in [0.2, 0.25) is 5.91 Å². The van der Waals surface area contributed by atoms with Crippen LogP contribution in [0.4, 0.5) is 0 Å². The summed E-state index contributed by atoms with van der Waals surface area (Å²) >= 11 is 0. The largest absolute Gasteiger partial charge is 0.340 e. The normalized spacial score (nSPS) is 20.2. The number of amides is 1. The van der Waals surface area contributed by atoms with Crippen LogP contribution in [0.5, 0.6) is 0 Å². The summed E-state index contributed by atoms with van der Waals surface area (Å²) in [6.07, 6.45) is 0.744. The molecule has 0 saturated carbocycles. The van der Waals surface area contributed by atoms with Crippen LogP contribution in [0.3, 0.4) is 0 Å². The van der Waals surface area contributed by atoms with E-state index in [0.717, 1.165) is 6.42 Å². The van der Waals surface area contributed by atoms with Gasteiger partial charge < -0.3 is 10.6 Å². The maximum atomic E-state index is 13.1. The first-order valence-corrected chi connectivity index (χ1v) is 8.61. The second-order valence-corrected chi connectivity index (χ2v) is 7.44. The molecule has 134 valence electrons. The summed E-state index contributed by atoms with van der Waals surface area (Å²) in [5.74, 6) is 0.419. The summed E-state index contributed by atoms with van der Waals surface area (Å²) in [6.45, 7) is 5.41. The fourth-order valence-corrected chi connectivity index (χ4v) is 3.66. The third-order valence-electron chi connectivity index (χ3n) is 4.95. The van der Waals surface area contributed by atoms with Gasteiger partial charge in [-0.25, -0.2) is 0 Å². The number of nitrogens with two attached hydrogens (primary N) is 1.